The van der Waals surface area contributed by atoms with E-state index in [1.54, 1.807) is 20.0 Å². The molecule has 0 fully saturated rings. The summed E-state index contributed by atoms with van der Waals surface area (Å²) < 4.78 is 10.4. The summed E-state index contributed by atoms with van der Waals surface area (Å²) in [5, 5.41) is 0. The van der Waals surface area contributed by atoms with Gasteiger partial charge in [-0.05, 0) is 24.3 Å². The van der Waals surface area contributed by atoms with Crippen LogP contribution in [0.4, 0.5) is 10.5 Å². The normalized spacial score (nSPS) is 11.7. The zero-order chi connectivity index (χ0) is 18.9. The topological polar surface area (TPSA) is 68.7 Å². The molecule has 2 rings (SSSR count). The molecule has 0 aliphatic heterocycles. The van der Waals surface area contributed by atoms with E-state index in [4.69, 9.17) is 9.47 Å². The highest BCUT2D eigenvalue weighted by Crippen LogP contribution is 2.16. The van der Waals surface area contributed by atoms with E-state index in [2.05, 4.69) is 4.98 Å². The summed E-state index contributed by atoms with van der Waals surface area (Å²) in [5.74, 6) is -0.699. The maximum absolute atomic E-state index is 12.6. The van der Waals surface area contributed by atoms with Crippen molar-refractivity contribution in [1.29, 1.82) is 0 Å². The van der Waals surface area contributed by atoms with Gasteiger partial charge >= 0.3 is 12.1 Å². The van der Waals surface area contributed by atoms with Crippen molar-refractivity contribution in [2.45, 2.75) is 33.5 Å². The first-order valence-electron chi connectivity index (χ1n) is 8.61. The molecule has 6 heteroatoms. The monoisotopic (exact) mass is 356 g/mol. The van der Waals surface area contributed by atoms with Gasteiger partial charge in [-0.2, -0.15) is 0 Å². The lowest BCUT2D eigenvalue weighted by molar-refractivity contribution is -0.168. The number of anilines is 1. The van der Waals surface area contributed by atoms with Gasteiger partial charge in [0.05, 0.1) is 5.92 Å². The number of carbonyl (C=O) groups is 2. The molecule has 0 spiro atoms. The van der Waals surface area contributed by atoms with E-state index < -0.39 is 18.4 Å². The summed E-state index contributed by atoms with van der Waals surface area (Å²) in [6.07, 6.45) is 0.758. The van der Waals surface area contributed by atoms with Crippen LogP contribution in [-0.2, 0) is 20.7 Å². The minimum absolute atomic E-state index is 0.287. The van der Waals surface area contributed by atoms with E-state index in [9.17, 15) is 9.59 Å². The van der Waals surface area contributed by atoms with Gasteiger partial charge in [-0.25, -0.2) is 4.79 Å². The number of pyridine rings is 1. The van der Waals surface area contributed by atoms with Crippen LogP contribution in [0.2, 0.25) is 0 Å². The van der Waals surface area contributed by atoms with Gasteiger partial charge in [0, 0.05) is 37.5 Å². The van der Waals surface area contributed by atoms with Crippen molar-refractivity contribution in [3.05, 3.63) is 60.4 Å². The summed E-state index contributed by atoms with van der Waals surface area (Å²) >= 11 is 0. The average Bonchev–Trinajstić information content (AvgIpc) is 2.63. The minimum atomic E-state index is -0.960. The number of nitrogens with zero attached hydrogens (tertiary/aromatic N) is 2. The maximum atomic E-state index is 12.6. The van der Waals surface area contributed by atoms with Crippen molar-refractivity contribution in [3.63, 3.8) is 0 Å². The molecule has 1 unspecified atom stereocenters. The van der Waals surface area contributed by atoms with Crippen molar-refractivity contribution >= 4 is 17.7 Å². The lowest BCUT2D eigenvalue weighted by atomic mass is 10.2. The summed E-state index contributed by atoms with van der Waals surface area (Å²) in [6.45, 7) is 5.37. The summed E-state index contributed by atoms with van der Waals surface area (Å²) in [5.41, 5.74) is 1.58. The molecular weight excluding hydrogens is 332 g/mol. The van der Waals surface area contributed by atoms with E-state index in [1.807, 2.05) is 48.5 Å². The van der Waals surface area contributed by atoms with E-state index >= 15 is 0 Å². The summed E-state index contributed by atoms with van der Waals surface area (Å²) in [4.78, 5) is 30.1. The fourth-order valence-electron chi connectivity index (χ4n) is 2.24. The van der Waals surface area contributed by atoms with E-state index in [-0.39, 0.29) is 5.92 Å². The fourth-order valence-corrected chi connectivity index (χ4v) is 2.24. The SMILES string of the molecule is CC(OC(=O)C(C)C)OC(=O)N(CCc1ccccn1)c1ccccc1. The molecule has 0 saturated heterocycles. The third-order valence-corrected chi connectivity index (χ3v) is 3.63. The number of para-hydroxylation sites is 1. The predicted octanol–water partition coefficient (Wildman–Crippen LogP) is 3.81. The van der Waals surface area contributed by atoms with Crippen LogP contribution in [0.15, 0.2) is 54.7 Å². The third-order valence-electron chi connectivity index (χ3n) is 3.63. The van der Waals surface area contributed by atoms with Gasteiger partial charge in [0.15, 0.2) is 0 Å². The Morgan fingerprint density at radius 2 is 1.69 bits per heavy atom. The molecule has 1 atom stereocenters. The van der Waals surface area contributed by atoms with Gasteiger partial charge in [-0.1, -0.05) is 38.1 Å². The van der Waals surface area contributed by atoms with Crippen LogP contribution in [0.3, 0.4) is 0 Å². The lowest BCUT2D eigenvalue weighted by Crippen LogP contribution is -2.36. The Labute approximate surface area is 153 Å². The van der Waals surface area contributed by atoms with Crippen molar-refractivity contribution in [1.82, 2.24) is 4.98 Å². The zero-order valence-electron chi connectivity index (χ0n) is 15.3. The van der Waals surface area contributed by atoms with Gasteiger partial charge in [0.25, 0.3) is 0 Å². The second-order valence-corrected chi connectivity index (χ2v) is 6.10. The summed E-state index contributed by atoms with van der Waals surface area (Å²) in [7, 11) is 0. The Hall–Kier alpha value is -2.89. The molecule has 0 radical (unpaired) electrons. The standard InChI is InChI=1S/C20H24N2O4/c1-15(2)19(23)25-16(3)26-20(24)22(18-10-5-4-6-11-18)14-12-17-9-7-8-13-21-17/h4-11,13,15-16H,12,14H2,1-3H3. The molecule has 1 heterocycles. The fraction of sp³-hybridized carbons (Fsp3) is 0.350. The van der Waals surface area contributed by atoms with Gasteiger partial charge in [0.2, 0.25) is 6.29 Å². The Morgan fingerprint density at radius 3 is 2.31 bits per heavy atom. The van der Waals surface area contributed by atoms with Crippen molar-refractivity contribution in [2.24, 2.45) is 5.92 Å². The number of amides is 1. The number of ether oxygens (including phenoxy) is 2. The van der Waals surface area contributed by atoms with Crippen LogP contribution in [-0.4, -0.2) is 29.9 Å². The number of aromatic nitrogens is 1. The molecule has 0 saturated carbocycles. The first kappa shape index (κ1) is 19.4. The number of carbonyl (C=O) groups excluding carboxylic acids is 2. The van der Waals surface area contributed by atoms with Crippen LogP contribution in [0.1, 0.15) is 26.5 Å². The van der Waals surface area contributed by atoms with Gasteiger partial charge in [-0.3, -0.25) is 14.7 Å². The Balaban J connectivity index is 2.05. The molecule has 1 amide bonds. The number of hydrogen-bond acceptors (Lipinski definition) is 5. The summed E-state index contributed by atoms with van der Waals surface area (Å²) in [6, 6.07) is 14.9. The smallest absolute Gasteiger partial charge is 0.417 e. The molecule has 0 aliphatic rings. The van der Waals surface area contributed by atoms with E-state index in [0.29, 0.717) is 18.7 Å². The van der Waals surface area contributed by atoms with Crippen LogP contribution in [0.25, 0.3) is 0 Å². The number of hydrogen-bond donors (Lipinski definition) is 0. The van der Waals surface area contributed by atoms with Crippen molar-refractivity contribution in [3.8, 4) is 0 Å². The van der Waals surface area contributed by atoms with Gasteiger partial charge in [0.1, 0.15) is 0 Å². The number of esters is 1. The van der Waals surface area contributed by atoms with Crippen LogP contribution in [0, 0.1) is 5.92 Å². The number of benzene rings is 1. The van der Waals surface area contributed by atoms with Crippen LogP contribution >= 0.6 is 0 Å². The first-order chi connectivity index (χ1) is 12.5. The number of rotatable bonds is 7. The highest BCUT2D eigenvalue weighted by Gasteiger charge is 2.22. The predicted molar refractivity (Wildman–Crippen MR) is 98.6 cm³/mol. The zero-order valence-corrected chi connectivity index (χ0v) is 15.3. The molecular formula is C20H24N2O4. The average molecular weight is 356 g/mol. The molecule has 1 aromatic heterocycles. The first-order valence-corrected chi connectivity index (χ1v) is 8.61. The third kappa shape index (κ3) is 5.88. The Morgan fingerprint density at radius 1 is 1.00 bits per heavy atom. The van der Waals surface area contributed by atoms with Gasteiger partial charge in [-0.15, -0.1) is 0 Å². The molecule has 26 heavy (non-hydrogen) atoms. The molecule has 2 aromatic rings. The van der Waals surface area contributed by atoms with Crippen molar-refractivity contribution < 1.29 is 19.1 Å². The molecule has 6 nitrogen and oxygen atoms in total. The van der Waals surface area contributed by atoms with E-state index in [0.717, 1.165) is 5.69 Å². The molecule has 1 aromatic carbocycles. The van der Waals surface area contributed by atoms with Crippen molar-refractivity contribution in [2.75, 3.05) is 11.4 Å². The second-order valence-electron chi connectivity index (χ2n) is 6.10. The minimum Gasteiger partial charge on any atom is -0.425 e. The highest BCUT2D eigenvalue weighted by atomic mass is 16.7. The van der Waals surface area contributed by atoms with Gasteiger partial charge < -0.3 is 9.47 Å². The largest absolute Gasteiger partial charge is 0.425 e. The maximum Gasteiger partial charge on any atom is 0.417 e. The molecule has 138 valence electrons. The van der Waals surface area contributed by atoms with E-state index in [1.165, 1.54) is 11.8 Å². The molecule has 0 bridgehead atoms. The van der Waals surface area contributed by atoms with Crippen LogP contribution < -0.4 is 4.90 Å². The molecule has 0 N–H and O–H groups in total. The highest BCUT2D eigenvalue weighted by molar-refractivity contribution is 5.87. The molecule has 0 aliphatic carbocycles. The second kappa shape index (κ2) is 9.56. The Bertz CT molecular complexity index is 704. The van der Waals surface area contributed by atoms with Crippen LogP contribution in [0.5, 0.6) is 0 Å². The Kier molecular flexibility index (Phi) is 7.14. The lowest BCUT2D eigenvalue weighted by Gasteiger charge is -2.24. The quantitative estimate of drug-likeness (QED) is 0.557.